The summed E-state index contributed by atoms with van der Waals surface area (Å²) in [5, 5.41) is 0.294. The van der Waals surface area contributed by atoms with Crippen molar-refractivity contribution in [3.05, 3.63) is 17.9 Å². The van der Waals surface area contributed by atoms with Crippen LogP contribution in [0, 0.1) is 0 Å². The summed E-state index contributed by atoms with van der Waals surface area (Å²) in [6, 6.07) is 0. The van der Waals surface area contributed by atoms with Crippen LogP contribution in [0.15, 0.2) is 17.9 Å². The third-order valence-electron chi connectivity index (χ3n) is 4.52. The minimum absolute atomic E-state index is 0.294. The van der Waals surface area contributed by atoms with Crippen LogP contribution in [0.5, 0.6) is 0 Å². The molecular formula is C19H38OSi. The molecule has 0 aromatic carbocycles. The van der Waals surface area contributed by atoms with Crippen LogP contribution in [-0.4, -0.2) is 14.9 Å². The van der Waals surface area contributed by atoms with Crippen molar-refractivity contribution in [3.8, 4) is 0 Å². The summed E-state index contributed by atoms with van der Waals surface area (Å²) in [4.78, 5) is 0. The number of hydrogen-bond donors (Lipinski definition) is 0. The molecule has 0 saturated carbocycles. The molecule has 0 aromatic heterocycles. The fourth-order valence-corrected chi connectivity index (χ4v) is 2.82. The SMILES string of the molecule is CCCCCCCCCC=C=CCO[Si](C)(C)C(C)(C)C. The number of hydrogen-bond acceptors (Lipinski definition) is 1. The van der Waals surface area contributed by atoms with Gasteiger partial charge < -0.3 is 4.43 Å². The Bertz CT molecular complexity index is 306. The predicted molar refractivity (Wildman–Crippen MR) is 98.4 cm³/mol. The maximum Gasteiger partial charge on any atom is 0.192 e. The summed E-state index contributed by atoms with van der Waals surface area (Å²) >= 11 is 0. The van der Waals surface area contributed by atoms with Gasteiger partial charge in [0, 0.05) is 0 Å². The maximum absolute atomic E-state index is 6.08. The van der Waals surface area contributed by atoms with E-state index in [0.717, 1.165) is 6.42 Å². The third kappa shape index (κ3) is 11.0. The van der Waals surface area contributed by atoms with Crippen molar-refractivity contribution in [2.45, 2.75) is 97.2 Å². The summed E-state index contributed by atoms with van der Waals surface area (Å²) in [7, 11) is -1.59. The largest absolute Gasteiger partial charge is 0.413 e. The van der Waals surface area contributed by atoms with Crippen LogP contribution >= 0.6 is 0 Å². The molecule has 0 bridgehead atoms. The molecular weight excluding hydrogens is 272 g/mol. The molecule has 0 aromatic rings. The lowest BCUT2D eigenvalue weighted by Crippen LogP contribution is -2.40. The molecule has 2 heteroatoms. The third-order valence-corrected chi connectivity index (χ3v) is 9.02. The Morgan fingerprint density at radius 2 is 1.48 bits per heavy atom. The molecule has 0 atom stereocenters. The van der Waals surface area contributed by atoms with Gasteiger partial charge in [0.25, 0.3) is 0 Å². The summed E-state index contributed by atoms with van der Waals surface area (Å²) in [5.41, 5.74) is 3.27. The predicted octanol–water partition coefficient (Wildman–Crippen LogP) is 6.86. The Balaban J connectivity index is 3.62. The number of unbranched alkanes of at least 4 members (excludes halogenated alkanes) is 7. The zero-order valence-electron chi connectivity index (χ0n) is 15.4. The second kappa shape index (κ2) is 11.3. The van der Waals surface area contributed by atoms with Gasteiger partial charge in [0.1, 0.15) is 0 Å². The van der Waals surface area contributed by atoms with Gasteiger partial charge in [0.2, 0.25) is 0 Å². The lowest BCUT2D eigenvalue weighted by molar-refractivity contribution is 0.328. The van der Waals surface area contributed by atoms with E-state index >= 15 is 0 Å². The lowest BCUT2D eigenvalue weighted by atomic mass is 10.1. The molecule has 0 aliphatic rings. The smallest absolute Gasteiger partial charge is 0.192 e. The monoisotopic (exact) mass is 310 g/mol. The van der Waals surface area contributed by atoms with Gasteiger partial charge in [-0.2, -0.15) is 0 Å². The van der Waals surface area contributed by atoms with Crippen molar-refractivity contribution in [2.24, 2.45) is 0 Å². The van der Waals surface area contributed by atoms with Crippen molar-refractivity contribution in [3.63, 3.8) is 0 Å². The van der Waals surface area contributed by atoms with Gasteiger partial charge in [-0.1, -0.05) is 66.2 Å². The Kier molecular flexibility index (Phi) is 11.1. The number of rotatable bonds is 11. The van der Waals surface area contributed by atoms with E-state index in [9.17, 15) is 0 Å². The first-order valence-corrected chi connectivity index (χ1v) is 11.8. The Hall–Kier alpha value is -0.303. The highest BCUT2D eigenvalue weighted by Gasteiger charge is 2.36. The van der Waals surface area contributed by atoms with Crippen LogP contribution < -0.4 is 0 Å². The van der Waals surface area contributed by atoms with E-state index in [-0.39, 0.29) is 0 Å². The molecule has 0 N–H and O–H groups in total. The molecule has 0 fully saturated rings. The average Bonchev–Trinajstić information content (AvgIpc) is 2.38. The van der Waals surface area contributed by atoms with Gasteiger partial charge in [-0.25, -0.2) is 0 Å². The van der Waals surface area contributed by atoms with E-state index in [4.69, 9.17) is 4.43 Å². The Morgan fingerprint density at radius 3 is 2.05 bits per heavy atom. The molecule has 0 aliphatic carbocycles. The van der Waals surface area contributed by atoms with Crippen molar-refractivity contribution < 1.29 is 4.43 Å². The molecule has 21 heavy (non-hydrogen) atoms. The van der Waals surface area contributed by atoms with Gasteiger partial charge in [-0.3, -0.25) is 0 Å². The summed E-state index contributed by atoms with van der Waals surface area (Å²) < 4.78 is 6.08. The summed E-state index contributed by atoms with van der Waals surface area (Å²) in [6.45, 7) is 14.4. The first kappa shape index (κ1) is 20.7. The van der Waals surface area contributed by atoms with Crippen LogP contribution in [0.25, 0.3) is 0 Å². The lowest BCUT2D eigenvalue weighted by Gasteiger charge is -2.35. The molecule has 0 amide bonds. The van der Waals surface area contributed by atoms with Gasteiger partial charge in [0.05, 0.1) is 6.61 Å². The van der Waals surface area contributed by atoms with E-state index < -0.39 is 8.32 Å². The van der Waals surface area contributed by atoms with Crippen LogP contribution in [0.3, 0.4) is 0 Å². The van der Waals surface area contributed by atoms with Gasteiger partial charge in [-0.05, 0) is 43.1 Å². The molecule has 1 nitrogen and oxygen atoms in total. The Morgan fingerprint density at radius 1 is 0.905 bits per heavy atom. The highest BCUT2D eigenvalue weighted by Crippen LogP contribution is 2.36. The first-order chi connectivity index (χ1) is 9.81. The summed E-state index contributed by atoms with van der Waals surface area (Å²) in [6.07, 6.45) is 15.0. The molecule has 0 saturated heterocycles. The first-order valence-electron chi connectivity index (χ1n) is 8.84. The highest BCUT2D eigenvalue weighted by molar-refractivity contribution is 6.74. The fraction of sp³-hybridized carbons (Fsp3) is 0.842. The average molecular weight is 311 g/mol. The van der Waals surface area contributed by atoms with E-state index in [2.05, 4.69) is 52.6 Å². The second-order valence-electron chi connectivity index (χ2n) is 7.56. The zero-order chi connectivity index (χ0) is 16.2. The van der Waals surface area contributed by atoms with Crippen LogP contribution in [-0.2, 0) is 4.43 Å². The topological polar surface area (TPSA) is 9.23 Å². The van der Waals surface area contributed by atoms with Gasteiger partial charge >= 0.3 is 0 Å². The van der Waals surface area contributed by atoms with Crippen molar-refractivity contribution in [2.75, 3.05) is 6.61 Å². The van der Waals surface area contributed by atoms with E-state index in [1.165, 1.54) is 44.9 Å². The van der Waals surface area contributed by atoms with Crippen molar-refractivity contribution >= 4 is 8.32 Å². The van der Waals surface area contributed by atoms with E-state index in [1.54, 1.807) is 0 Å². The van der Waals surface area contributed by atoms with Crippen LogP contribution in [0.1, 0.15) is 79.1 Å². The van der Waals surface area contributed by atoms with Crippen LogP contribution in [0.4, 0.5) is 0 Å². The fourth-order valence-electron chi connectivity index (χ4n) is 1.88. The molecule has 0 heterocycles. The van der Waals surface area contributed by atoms with Crippen molar-refractivity contribution in [1.82, 2.24) is 0 Å². The van der Waals surface area contributed by atoms with Crippen molar-refractivity contribution in [1.29, 1.82) is 0 Å². The molecule has 124 valence electrons. The minimum Gasteiger partial charge on any atom is -0.413 e. The molecule has 0 radical (unpaired) electrons. The quantitative estimate of drug-likeness (QED) is 0.230. The molecule has 0 spiro atoms. The van der Waals surface area contributed by atoms with Gasteiger partial charge in [0.15, 0.2) is 8.32 Å². The minimum atomic E-state index is -1.59. The van der Waals surface area contributed by atoms with E-state index in [0.29, 0.717) is 11.6 Å². The standard InChI is InChI=1S/C19H38OSi/c1-7-8-9-10-11-12-13-14-15-16-17-18-20-21(5,6)19(2,3)4/h15,17H,7-14,18H2,1-6H3. The van der Waals surface area contributed by atoms with Gasteiger partial charge in [-0.15, -0.1) is 5.73 Å². The second-order valence-corrected chi connectivity index (χ2v) is 12.4. The Labute approximate surface area is 135 Å². The maximum atomic E-state index is 6.08. The zero-order valence-corrected chi connectivity index (χ0v) is 16.4. The highest BCUT2D eigenvalue weighted by atomic mass is 28.4. The summed E-state index contributed by atoms with van der Waals surface area (Å²) in [5.74, 6) is 0. The normalized spacial score (nSPS) is 12.1. The molecule has 0 unspecified atom stereocenters. The molecule has 0 rings (SSSR count). The molecule has 0 aliphatic heterocycles. The van der Waals surface area contributed by atoms with E-state index in [1.807, 2.05) is 6.08 Å². The van der Waals surface area contributed by atoms with Crippen LogP contribution in [0.2, 0.25) is 18.1 Å².